The summed E-state index contributed by atoms with van der Waals surface area (Å²) in [4.78, 5) is 14.4. The number of aromatic hydroxyl groups is 2. The van der Waals surface area contributed by atoms with Crippen LogP contribution in [0.15, 0.2) is 18.2 Å². The third-order valence-corrected chi connectivity index (χ3v) is 3.92. The standard InChI is InChI=1S/C15H20ClNO3/c16-6-7-17(12-4-2-1-3-5-12)15(20)11-8-13(18)10-14(19)9-11/h8-10,12,18-19H,1-7H2. The quantitative estimate of drug-likeness (QED) is 0.840. The van der Waals surface area contributed by atoms with E-state index in [2.05, 4.69) is 0 Å². The van der Waals surface area contributed by atoms with Gasteiger partial charge < -0.3 is 15.1 Å². The maximum atomic E-state index is 12.6. The first-order valence-electron chi connectivity index (χ1n) is 7.02. The number of benzene rings is 1. The Morgan fingerprint density at radius 1 is 1.15 bits per heavy atom. The zero-order chi connectivity index (χ0) is 14.5. The maximum absolute atomic E-state index is 12.6. The third kappa shape index (κ3) is 3.57. The van der Waals surface area contributed by atoms with Crippen molar-refractivity contribution >= 4 is 17.5 Å². The van der Waals surface area contributed by atoms with Gasteiger partial charge in [-0.3, -0.25) is 4.79 Å². The molecule has 0 radical (unpaired) electrons. The van der Waals surface area contributed by atoms with Crippen LogP contribution in [0.25, 0.3) is 0 Å². The zero-order valence-corrected chi connectivity index (χ0v) is 12.1. The SMILES string of the molecule is O=C(c1cc(O)cc(O)c1)N(CCCl)C1CCCCC1. The van der Waals surface area contributed by atoms with Gasteiger partial charge in [-0.2, -0.15) is 0 Å². The van der Waals surface area contributed by atoms with E-state index in [1.807, 2.05) is 0 Å². The molecule has 0 heterocycles. The molecule has 2 rings (SSSR count). The van der Waals surface area contributed by atoms with Gasteiger partial charge in [-0.25, -0.2) is 0 Å². The Hall–Kier alpha value is -1.42. The minimum Gasteiger partial charge on any atom is -0.508 e. The van der Waals surface area contributed by atoms with Gasteiger partial charge in [-0.1, -0.05) is 19.3 Å². The van der Waals surface area contributed by atoms with E-state index in [0.717, 1.165) is 25.7 Å². The molecule has 0 bridgehead atoms. The van der Waals surface area contributed by atoms with Crippen LogP contribution >= 0.6 is 11.6 Å². The van der Waals surface area contributed by atoms with Gasteiger partial charge in [0.1, 0.15) is 11.5 Å². The topological polar surface area (TPSA) is 60.8 Å². The summed E-state index contributed by atoms with van der Waals surface area (Å²) in [7, 11) is 0. The number of carbonyl (C=O) groups is 1. The van der Waals surface area contributed by atoms with E-state index < -0.39 is 0 Å². The number of rotatable bonds is 4. The fraction of sp³-hybridized carbons (Fsp3) is 0.533. The highest BCUT2D eigenvalue weighted by molar-refractivity contribution is 6.18. The Balaban J connectivity index is 2.20. The van der Waals surface area contributed by atoms with E-state index in [4.69, 9.17) is 11.6 Å². The number of carbonyl (C=O) groups excluding carboxylic acids is 1. The molecular weight excluding hydrogens is 278 g/mol. The van der Waals surface area contributed by atoms with Crippen LogP contribution in [0.4, 0.5) is 0 Å². The van der Waals surface area contributed by atoms with Gasteiger partial charge in [0.15, 0.2) is 0 Å². The Bertz CT molecular complexity index is 452. The molecule has 5 heteroatoms. The monoisotopic (exact) mass is 297 g/mol. The molecule has 20 heavy (non-hydrogen) atoms. The van der Waals surface area contributed by atoms with Gasteiger partial charge in [0, 0.05) is 30.1 Å². The first kappa shape index (κ1) is 15.0. The Morgan fingerprint density at radius 3 is 2.30 bits per heavy atom. The predicted molar refractivity (Wildman–Crippen MR) is 78.4 cm³/mol. The number of hydrogen-bond donors (Lipinski definition) is 2. The summed E-state index contributed by atoms with van der Waals surface area (Å²) in [5.74, 6) is -0.0121. The molecule has 1 saturated carbocycles. The van der Waals surface area contributed by atoms with E-state index in [9.17, 15) is 15.0 Å². The molecule has 1 amide bonds. The summed E-state index contributed by atoms with van der Waals surface area (Å²) in [5.41, 5.74) is 0.304. The number of hydrogen-bond acceptors (Lipinski definition) is 3. The van der Waals surface area contributed by atoms with Gasteiger partial charge in [0.05, 0.1) is 0 Å². The summed E-state index contributed by atoms with van der Waals surface area (Å²) >= 11 is 5.82. The van der Waals surface area contributed by atoms with Crippen molar-refractivity contribution < 1.29 is 15.0 Å². The maximum Gasteiger partial charge on any atom is 0.254 e. The lowest BCUT2D eigenvalue weighted by molar-refractivity contribution is 0.0649. The van der Waals surface area contributed by atoms with Crippen LogP contribution in [0.3, 0.4) is 0 Å². The second-order valence-electron chi connectivity index (χ2n) is 5.22. The fourth-order valence-electron chi connectivity index (χ4n) is 2.82. The molecule has 0 saturated heterocycles. The van der Waals surface area contributed by atoms with Crippen molar-refractivity contribution in [2.75, 3.05) is 12.4 Å². The van der Waals surface area contributed by atoms with Crippen LogP contribution in [-0.2, 0) is 0 Å². The first-order valence-corrected chi connectivity index (χ1v) is 7.55. The molecule has 0 aliphatic heterocycles. The molecule has 1 aromatic carbocycles. The smallest absolute Gasteiger partial charge is 0.254 e. The number of halogens is 1. The van der Waals surface area contributed by atoms with Crippen LogP contribution in [0.1, 0.15) is 42.5 Å². The second-order valence-corrected chi connectivity index (χ2v) is 5.60. The van der Waals surface area contributed by atoms with Crippen molar-refractivity contribution in [1.29, 1.82) is 0 Å². The summed E-state index contributed by atoms with van der Waals surface area (Å²) in [6, 6.07) is 4.18. The zero-order valence-electron chi connectivity index (χ0n) is 11.4. The van der Waals surface area contributed by atoms with Crippen molar-refractivity contribution in [3.05, 3.63) is 23.8 Å². The Morgan fingerprint density at radius 2 is 1.75 bits per heavy atom. The van der Waals surface area contributed by atoms with E-state index >= 15 is 0 Å². The molecule has 4 nitrogen and oxygen atoms in total. The summed E-state index contributed by atoms with van der Waals surface area (Å²) in [6.45, 7) is 0.488. The normalized spacial score (nSPS) is 16.1. The lowest BCUT2D eigenvalue weighted by Gasteiger charge is -2.34. The lowest BCUT2D eigenvalue weighted by Crippen LogP contribution is -2.42. The van der Waals surface area contributed by atoms with E-state index in [-0.39, 0.29) is 23.4 Å². The Kier molecular flexibility index (Phi) is 5.12. The molecule has 1 fully saturated rings. The predicted octanol–water partition coefficient (Wildman–Crippen LogP) is 3.11. The number of phenols is 2. The third-order valence-electron chi connectivity index (χ3n) is 3.75. The molecule has 0 atom stereocenters. The van der Waals surface area contributed by atoms with Gasteiger partial charge in [0.25, 0.3) is 5.91 Å². The van der Waals surface area contributed by atoms with Crippen molar-refractivity contribution in [3.8, 4) is 11.5 Å². The summed E-state index contributed by atoms with van der Waals surface area (Å²) < 4.78 is 0. The van der Waals surface area contributed by atoms with Gasteiger partial charge in [-0.15, -0.1) is 11.6 Å². The van der Waals surface area contributed by atoms with Crippen LogP contribution in [0.5, 0.6) is 11.5 Å². The number of phenolic OH excluding ortho intramolecular Hbond substituents is 2. The molecule has 110 valence electrons. The number of alkyl halides is 1. The minimum absolute atomic E-state index is 0.109. The van der Waals surface area contributed by atoms with Crippen LogP contribution < -0.4 is 0 Å². The first-order chi connectivity index (χ1) is 9.61. The molecule has 2 N–H and O–H groups in total. The molecule has 1 aromatic rings. The van der Waals surface area contributed by atoms with Crippen LogP contribution in [0, 0.1) is 0 Å². The molecule has 1 aliphatic rings. The number of nitrogens with zero attached hydrogens (tertiary/aromatic N) is 1. The van der Waals surface area contributed by atoms with Crippen LogP contribution in [0.2, 0.25) is 0 Å². The minimum atomic E-state index is -0.177. The van der Waals surface area contributed by atoms with Crippen molar-refractivity contribution in [1.82, 2.24) is 4.90 Å². The molecule has 0 spiro atoms. The van der Waals surface area contributed by atoms with E-state index in [1.54, 1.807) is 4.90 Å². The fourth-order valence-corrected chi connectivity index (χ4v) is 3.00. The van der Waals surface area contributed by atoms with E-state index in [0.29, 0.717) is 18.0 Å². The molecule has 0 unspecified atom stereocenters. The number of amides is 1. The molecule has 1 aliphatic carbocycles. The molecular formula is C15H20ClNO3. The summed E-state index contributed by atoms with van der Waals surface area (Å²) in [6.07, 6.45) is 5.46. The van der Waals surface area contributed by atoms with Gasteiger partial charge >= 0.3 is 0 Å². The lowest BCUT2D eigenvalue weighted by atomic mass is 9.93. The Labute approximate surface area is 124 Å². The van der Waals surface area contributed by atoms with Crippen molar-refractivity contribution in [2.24, 2.45) is 0 Å². The average Bonchev–Trinajstić information content (AvgIpc) is 2.44. The van der Waals surface area contributed by atoms with Crippen LogP contribution in [-0.4, -0.2) is 39.5 Å². The average molecular weight is 298 g/mol. The largest absolute Gasteiger partial charge is 0.508 e. The highest BCUT2D eigenvalue weighted by atomic mass is 35.5. The van der Waals surface area contributed by atoms with Gasteiger partial charge in [0.2, 0.25) is 0 Å². The van der Waals surface area contributed by atoms with Gasteiger partial charge in [-0.05, 0) is 25.0 Å². The summed E-state index contributed by atoms with van der Waals surface area (Å²) in [5, 5.41) is 19.0. The highest BCUT2D eigenvalue weighted by Crippen LogP contribution is 2.26. The molecule has 0 aromatic heterocycles. The van der Waals surface area contributed by atoms with Crippen molar-refractivity contribution in [2.45, 2.75) is 38.1 Å². The van der Waals surface area contributed by atoms with Crippen molar-refractivity contribution in [3.63, 3.8) is 0 Å². The second kappa shape index (κ2) is 6.84. The van der Waals surface area contributed by atoms with E-state index in [1.165, 1.54) is 24.6 Å². The highest BCUT2D eigenvalue weighted by Gasteiger charge is 2.26.